The van der Waals surface area contributed by atoms with Gasteiger partial charge in [-0.15, -0.1) is 0 Å². The van der Waals surface area contributed by atoms with Crippen LogP contribution in [-0.2, 0) is 9.97 Å². The zero-order chi connectivity index (χ0) is 8.60. The van der Waals surface area contributed by atoms with Crippen LogP contribution in [0.2, 0.25) is 0 Å². The molecule has 1 aromatic heterocycles. The third-order valence-corrected chi connectivity index (χ3v) is 3.23. The second-order valence-corrected chi connectivity index (χ2v) is 5.37. The van der Waals surface area contributed by atoms with Crippen LogP contribution >= 0.6 is 22.6 Å². The van der Waals surface area contributed by atoms with Crippen LogP contribution in [0.3, 0.4) is 0 Å². The summed E-state index contributed by atoms with van der Waals surface area (Å²) in [4.78, 5) is 4.15. The maximum atomic E-state index is 4.15. The first kappa shape index (κ1) is 8.44. The molecule has 2 nitrogen and oxygen atoms in total. The Balaban J connectivity index is 2.52. The van der Waals surface area contributed by atoms with E-state index in [4.69, 9.17) is 0 Å². The number of nitrogens with zero attached hydrogens (tertiary/aromatic N) is 1. The first-order chi connectivity index (χ1) is 5.70. The monoisotopic (exact) mass is 274 g/mol. The number of halogens is 1. The van der Waals surface area contributed by atoms with Gasteiger partial charge in [-0.1, -0.05) is 22.6 Å². The molecule has 0 bridgehead atoms. The van der Waals surface area contributed by atoms with E-state index in [1.165, 1.54) is 11.1 Å². The summed E-state index contributed by atoms with van der Waals surface area (Å²) in [5, 5.41) is 3.46. The van der Waals surface area contributed by atoms with Crippen molar-refractivity contribution in [1.29, 1.82) is 0 Å². The van der Waals surface area contributed by atoms with Crippen LogP contribution in [0, 0.1) is 0 Å². The van der Waals surface area contributed by atoms with Gasteiger partial charge in [0.05, 0.1) is 3.55 Å². The van der Waals surface area contributed by atoms with Gasteiger partial charge in [0.1, 0.15) is 0 Å². The highest BCUT2D eigenvalue weighted by Gasteiger charge is 2.28. The normalized spacial score (nSPS) is 28.2. The van der Waals surface area contributed by atoms with E-state index in [0.717, 1.165) is 13.0 Å². The van der Waals surface area contributed by atoms with Crippen molar-refractivity contribution in [1.82, 2.24) is 10.3 Å². The van der Waals surface area contributed by atoms with Gasteiger partial charge in [-0.05, 0) is 25.0 Å². The minimum Gasteiger partial charge on any atom is -0.299 e. The molecule has 0 saturated heterocycles. The molecule has 0 aromatic carbocycles. The fourth-order valence-electron chi connectivity index (χ4n) is 1.59. The predicted octanol–water partition coefficient (Wildman–Crippen LogP) is 1.83. The van der Waals surface area contributed by atoms with Crippen molar-refractivity contribution in [3.05, 3.63) is 29.6 Å². The van der Waals surface area contributed by atoms with Crippen molar-refractivity contribution in [2.75, 3.05) is 6.54 Å². The van der Waals surface area contributed by atoms with E-state index in [0.29, 0.717) is 0 Å². The quantitative estimate of drug-likeness (QED) is 0.443. The number of hydrogen-bond donors (Lipinski definition) is 1. The second-order valence-electron chi connectivity index (χ2n) is 3.21. The number of aromatic nitrogens is 1. The maximum absolute atomic E-state index is 4.15. The molecule has 1 aliphatic rings. The summed E-state index contributed by atoms with van der Waals surface area (Å²) in [6.07, 6.45) is 4.96. The van der Waals surface area contributed by atoms with E-state index in [9.17, 15) is 0 Å². The van der Waals surface area contributed by atoms with E-state index in [2.05, 4.69) is 45.9 Å². The van der Waals surface area contributed by atoms with Crippen LogP contribution in [0.15, 0.2) is 18.5 Å². The van der Waals surface area contributed by atoms with Crippen molar-refractivity contribution >= 4 is 22.6 Å². The Hall–Kier alpha value is -0.160. The standard InChI is InChI=1S/C9H11IN2/c1-9(10)8-6-11-4-2-7(8)3-5-12-9/h2,4,6,12H,3,5H2,1H3. The molecule has 0 aliphatic carbocycles. The Morgan fingerprint density at radius 2 is 2.50 bits per heavy atom. The smallest absolute Gasteiger partial charge is 0.0949 e. The largest absolute Gasteiger partial charge is 0.299 e. The fraction of sp³-hybridized carbons (Fsp3) is 0.444. The summed E-state index contributed by atoms with van der Waals surface area (Å²) in [5.41, 5.74) is 2.76. The number of hydrogen-bond acceptors (Lipinski definition) is 2. The summed E-state index contributed by atoms with van der Waals surface area (Å²) in [6.45, 7) is 3.25. The third kappa shape index (κ3) is 1.35. The van der Waals surface area contributed by atoms with Crippen LogP contribution < -0.4 is 5.32 Å². The second kappa shape index (κ2) is 2.96. The highest BCUT2D eigenvalue weighted by molar-refractivity contribution is 14.1. The van der Waals surface area contributed by atoms with Crippen LogP contribution in [0.1, 0.15) is 18.1 Å². The van der Waals surface area contributed by atoms with Crippen LogP contribution in [-0.4, -0.2) is 11.5 Å². The van der Waals surface area contributed by atoms with Gasteiger partial charge in [0, 0.05) is 24.5 Å². The van der Waals surface area contributed by atoms with Crippen LogP contribution in [0.25, 0.3) is 0 Å². The van der Waals surface area contributed by atoms with E-state index in [1.807, 2.05) is 12.4 Å². The van der Waals surface area contributed by atoms with Gasteiger partial charge in [0.15, 0.2) is 0 Å². The number of pyridine rings is 1. The molecule has 0 fully saturated rings. The fourth-order valence-corrected chi connectivity index (χ4v) is 2.35. The van der Waals surface area contributed by atoms with Crippen LogP contribution in [0.4, 0.5) is 0 Å². The lowest BCUT2D eigenvalue weighted by Gasteiger charge is -2.31. The molecular weight excluding hydrogens is 263 g/mol. The van der Waals surface area contributed by atoms with E-state index < -0.39 is 0 Å². The molecule has 1 N–H and O–H groups in total. The highest BCUT2D eigenvalue weighted by Crippen LogP contribution is 2.33. The molecule has 1 atom stereocenters. The van der Waals surface area contributed by atoms with Crippen molar-refractivity contribution in [2.45, 2.75) is 16.9 Å². The first-order valence-electron chi connectivity index (χ1n) is 4.07. The summed E-state index contributed by atoms with van der Waals surface area (Å²) < 4.78 is 0.0691. The molecule has 0 radical (unpaired) electrons. The Kier molecular flexibility index (Phi) is 2.08. The van der Waals surface area contributed by atoms with Gasteiger partial charge in [-0.25, -0.2) is 0 Å². The van der Waals surface area contributed by atoms with E-state index in [-0.39, 0.29) is 3.55 Å². The van der Waals surface area contributed by atoms with Crippen LogP contribution in [0.5, 0.6) is 0 Å². The van der Waals surface area contributed by atoms with Crippen molar-refractivity contribution in [2.24, 2.45) is 0 Å². The maximum Gasteiger partial charge on any atom is 0.0949 e. The molecule has 12 heavy (non-hydrogen) atoms. The molecule has 2 rings (SSSR count). The predicted molar refractivity (Wildman–Crippen MR) is 57.3 cm³/mol. The molecule has 2 heterocycles. The summed E-state index contributed by atoms with van der Waals surface area (Å²) in [7, 11) is 0. The molecule has 3 heteroatoms. The van der Waals surface area contributed by atoms with Gasteiger partial charge < -0.3 is 0 Å². The Morgan fingerprint density at radius 3 is 3.25 bits per heavy atom. The average molecular weight is 274 g/mol. The Bertz CT molecular complexity index is 296. The number of nitrogens with one attached hydrogen (secondary N) is 1. The molecule has 0 spiro atoms. The van der Waals surface area contributed by atoms with Gasteiger partial charge in [0.2, 0.25) is 0 Å². The topological polar surface area (TPSA) is 24.9 Å². The molecule has 1 unspecified atom stereocenters. The zero-order valence-corrected chi connectivity index (χ0v) is 9.13. The summed E-state index contributed by atoms with van der Waals surface area (Å²) >= 11 is 2.43. The third-order valence-electron chi connectivity index (χ3n) is 2.27. The molecule has 64 valence electrons. The SMILES string of the molecule is CC1(I)NCCc2ccncc21. The molecule has 1 aliphatic heterocycles. The lowest BCUT2D eigenvalue weighted by molar-refractivity contribution is 0.516. The van der Waals surface area contributed by atoms with Crippen molar-refractivity contribution in [3.8, 4) is 0 Å². The van der Waals surface area contributed by atoms with E-state index >= 15 is 0 Å². The first-order valence-corrected chi connectivity index (χ1v) is 5.15. The number of fused-ring (bicyclic) bond motifs is 1. The minimum absolute atomic E-state index is 0.0691. The van der Waals surface area contributed by atoms with E-state index in [1.54, 1.807) is 0 Å². The Labute approximate surface area is 85.9 Å². The lowest BCUT2D eigenvalue weighted by atomic mass is 9.98. The highest BCUT2D eigenvalue weighted by atomic mass is 127. The number of rotatable bonds is 0. The number of alkyl halides is 1. The average Bonchev–Trinajstić information content (AvgIpc) is 2.04. The Morgan fingerprint density at radius 1 is 1.67 bits per heavy atom. The minimum atomic E-state index is 0.0691. The lowest BCUT2D eigenvalue weighted by Crippen LogP contribution is -2.39. The summed E-state index contributed by atoms with van der Waals surface area (Å²) in [6, 6.07) is 2.12. The van der Waals surface area contributed by atoms with Gasteiger partial charge in [-0.2, -0.15) is 0 Å². The molecular formula is C9H11IN2. The summed E-state index contributed by atoms with van der Waals surface area (Å²) in [5.74, 6) is 0. The van der Waals surface area contributed by atoms with Crippen molar-refractivity contribution < 1.29 is 0 Å². The molecule has 0 saturated carbocycles. The molecule has 0 amide bonds. The van der Waals surface area contributed by atoms with Gasteiger partial charge in [-0.3, -0.25) is 10.3 Å². The van der Waals surface area contributed by atoms with Gasteiger partial charge in [0.25, 0.3) is 0 Å². The van der Waals surface area contributed by atoms with Gasteiger partial charge >= 0.3 is 0 Å². The zero-order valence-electron chi connectivity index (χ0n) is 6.97. The molecule has 1 aromatic rings. The van der Waals surface area contributed by atoms with Crippen molar-refractivity contribution in [3.63, 3.8) is 0 Å².